The predicted molar refractivity (Wildman–Crippen MR) is 130 cm³/mol. The number of hydrogen-bond acceptors (Lipinski definition) is 2. The zero-order chi connectivity index (χ0) is 22.2. The predicted octanol–water partition coefficient (Wildman–Crippen LogP) is 8.12. The minimum Gasteiger partial charge on any atom is -0.219 e. The van der Waals surface area contributed by atoms with Crippen LogP contribution >= 0.6 is 15.9 Å². The first-order valence-corrected chi connectivity index (χ1v) is 12.9. The second-order valence-corrected chi connectivity index (χ2v) is 10.9. The molecule has 29 heavy (non-hydrogen) atoms. The van der Waals surface area contributed by atoms with Gasteiger partial charge in [-0.1, -0.05) is 79.4 Å². The van der Waals surface area contributed by atoms with Gasteiger partial charge in [0.05, 0.1) is 4.90 Å². The Bertz CT molecular complexity index is 826. The van der Waals surface area contributed by atoms with E-state index in [-0.39, 0.29) is 11.8 Å². The molecule has 2 atom stereocenters. The summed E-state index contributed by atoms with van der Waals surface area (Å²) in [7, 11) is -3.55. The summed E-state index contributed by atoms with van der Waals surface area (Å²) in [5.41, 5.74) is 2.35. The smallest absolute Gasteiger partial charge is 0.202 e. The van der Waals surface area contributed by atoms with Gasteiger partial charge in [0.1, 0.15) is 0 Å². The third-order valence-electron chi connectivity index (χ3n) is 5.64. The molecule has 0 saturated carbocycles. The number of halogens is 1. The van der Waals surface area contributed by atoms with Gasteiger partial charge < -0.3 is 0 Å². The lowest BCUT2D eigenvalue weighted by Gasteiger charge is -2.26. The number of sulfone groups is 1. The lowest BCUT2D eigenvalue weighted by atomic mass is 9.82. The molecule has 1 aromatic carbocycles. The van der Waals surface area contributed by atoms with Crippen molar-refractivity contribution >= 4 is 25.8 Å². The van der Waals surface area contributed by atoms with Crippen LogP contribution in [0.1, 0.15) is 67.2 Å². The molecule has 162 valence electrons. The molecule has 0 saturated heterocycles. The van der Waals surface area contributed by atoms with Crippen molar-refractivity contribution in [1.29, 1.82) is 0 Å². The third-order valence-corrected chi connectivity index (χ3v) is 8.29. The van der Waals surface area contributed by atoms with Crippen molar-refractivity contribution in [2.24, 2.45) is 17.8 Å². The Morgan fingerprint density at radius 2 is 1.62 bits per heavy atom. The fourth-order valence-corrected chi connectivity index (χ4v) is 6.00. The highest BCUT2D eigenvalue weighted by molar-refractivity contribution is 9.10. The van der Waals surface area contributed by atoms with Gasteiger partial charge in [-0.3, -0.25) is 0 Å². The standard InChI is InChI=1S/C25H37BrO2S/c1-8-11-21(12-9-2)19(6)17-24(18(4)5)20(7)25(10-3)29(27,28)23-15-13-22(26)14-16-23/h10,13-17,20-21,24H,4,8-9,11-12H2,1-3,5-7H3/b19-17+,25-10+. The Balaban J connectivity index is 3.31. The van der Waals surface area contributed by atoms with Crippen molar-refractivity contribution in [1.82, 2.24) is 0 Å². The zero-order valence-corrected chi connectivity index (χ0v) is 21.2. The summed E-state index contributed by atoms with van der Waals surface area (Å²) in [4.78, 5) is 0.788. The first kappa shape index (κ1) is 25.9. The summed E-state index contributed by atoms with van der Waals surface area (Å²) in [5, 5.41) is 0. The van der Waals surface area contributed by atoms with Crippen LogP contribution in [0.15, 0.2) is 68.4 Å². The van der Waals surface area contributed by atoms with Gasteiger partial charge in [-0.25, -0.2) is 8.42 Å². The van der Waals surface area contributed by atoms with Crippen molar-refractivity contribution in [3.8, 4) is 0 Å². The summed E-state index contributed by atoms with van der Waals surface area (Å²) < 4.78 is 27.5. The Kier molecular flexibility index (Phi) is 10.6. The fourth-order valence-electron chi connectivity index (χ4n) is 4.02. The van der Waals surface area contributed by atoms with E-state index in [1.807, 2.05) is 20.8 Å². The highest BCUT2D eigenvalue weighted by Gasteiger charge is 2.30. The van der Waals surface area contributed by atoms with Crippen LogP contribution in [0.3, 0.4) is 0 Å². The number of hydrogen-bond donors (Lipinski definition) is 0. The van der Waals surface area contributed by atoms with Crippen LogP contribution < -0.4 is 0 Å². The van der Waals surface area contributed by atoms with Crippen molar-refractivity contribution in [3.63, 3.8) is 0 Å². The molecule has 4 heteroatoms. The van der Waals surface area contributed by atoms with E-state index in [9.17, 15) is 8.42 Å². The molecular weight excluding hydrogens is 444 g/mol. The minimum atomic E-state index is -3.55. The lowest BCUT2D eigenvalue weighted by Crippen LogP contribution is -2.20. The normalized spacial score (nSPS) is 15.4. The Morgan fingerprint density at radius 1 is 1.10 bits per heavy atom. The molecule has 2 unspecified atom stereocenters. The summed E-state index contributed by atoms with van der Waals surface area (Å²) in [6.07, 6.45) is 8.66. The molecular formula is C25H37BrO2S. The van der Waals surface area contributed by atoms with Crippen LogP contribution in [0.2, 0.25) is 0 Å². The summed E-state index contributed by atoms with van der Waals surface area (Å²) in [6.45, 7) is 16.6. The molecule has 0 heterocycles. The van der Waals surface area contributed by atoms with E-state index >= 15 is 0 Å². The van der Waals surface area contributed by atoms with Gasteiger partial charge in [-0.15, -0.1) is 0 Å². The van der Waals surface area contributed by atoms with Gasteiger partial charge in [0.15, 0.2) is 0 Å². The molecule has 0 bridgehead atoms. The van der Waals surface area contributed by atoms with Gasteiger partial charge in [0, 0.05) is 21.2 Å². The second-order valence-electron chi connectivity index (χ2n) is 7.99. The molecule has 0 aromatic heterocycles. The van der Waals surface area contributed by atoms with Gasteiger partial charge in [-0.05, 0) is 63.8 Å². The topological polar surface area (TPSA) is 34.1 Å². The Morgan fingerprint density at radius 3 is 2.03 bits per heavy atom. The molecule has 0 aliphatic heterocycles. The van der Waals surface area contributed by atoms with E-state index in [1.165, 1.54) is 18.4 Å². The first-order valence-electron chi connectivity index (χ1n) is 10.6. The number of allylic oxidation sites excluding steroid dienone is 5. The van der Waals surface area contributed by atoms with Gasteiger partial charge in [0.25, 0.3) is 0 Å². The second kappa shape index (κ2) is 11.9. The molecule has 0 amide bonds. The lowest BCUT2D eigenvalue weighted by molar-refractivity contribution is 0.489. The maximum atomic E-state index is 13.3. The summed E-state index contributed by atoms with van der Waals surface area (Å²) >= 11 is 3.37. The van der Waals surface area contributed by atoms with E-state index in [0.29, 0.717) is 15.7 Å². The van der Waals surface area contributed by atoms with Crippen LogP contribution in [0.4, 0.5) is 0 Å². The van der Waals surface area contributed by atoms with Crippen molar-refractivity contribution in [2.75, 3.05) is 0 Å². The molecule has 1 aromatic rings. The maximum Gasteiger partial charge on any atom is 0.202 e. The van der Waals surface area contributed by atoms with Crippen LogP contribution in [0, 0.1) is 17.8 Å². The average Bonchev–Trinajstić information content (AvgIpc) is 2.66. The molecule has 0 N–H and O–H groups in total. The van der Waals surface area contributed by atoms with E-state index in [2.05, 4.69) is 49.4 Å². The summed E-state index contributed by atoms with van der Waals surface area (Å²) in [6, 6.07) is 6.85. The number of rotatable bonds is 11. The molecule has 0 aliphatic carbocycles. The Labute approximate surface area is 187 Å². The maximum absolute atomic E-state index is 13.3. The Hall–Kier alpha value is -1.13. The first-order chi connectivity index (χ1) is 13.6. The fraction of sp³-hybridized carbons (Fsp3) is 0.520. The van der Waals surface area contributed by atoms with Crippen molar-refractivity contribution < 1.29 is 8.42 Å². The SMILES string of the molecule is C=C(C)C(/C=C(\C)C(CCC)CCC)C(C)/C(=C\C)S(=O)(=O)c1ccc(Br)cc1. The van der Waals surface area contributed by atoms with Gasteiger partial charge in [0.2, 0.25) is 9.84 Å². The van der Waals surface area contributed by atoms with Gasteiger partial charge in [-0.2, -0.15) is 0 Å². The molecule has 0 aliphatic rings. The highest BCUT2D eigenvalue weighted by atomic mass is 79.9. The van der Waals surface area contributed by atoms with Gasteiger partial charge >= 0.3 is 0 Å². The molecule has 2 nitrogen and oxygen atoms in total. The van der Waals surface area contributed by atoms with E-state index < -0.39 is 9.84 Å². The average molecular weight is 482 g/mol. The molecule has 1 rings (SSSR count). The van der Waals surface area contributed by atoms with Crippen LogP contribution in [-0.2, 0) is 9.84 Å². The quantitative estimate of drug-likeness (QED) is 0.299. The number of benzene rings is 1. The van der Waals surface area contributed by atoms with Crippen molar-refractivity contribution in [3.05, 3.63) is 63.5 Å². The van der Waals surface area contributed by atoms with Crippen molar-refractivity contribution in [2.45, 2.75) is 72.1 Å². The van der Waals surface area contributed by atoms with Crippen LogP contribution in [0.5, 0.6) is 0 Å². The van der Waals surface area contributed by atoms with E-state index in [0.717, 1.165) is 22.9 Å². The largest absolute Gasteiger partial charge is 0.219 e. The zero-order valence-electron chi connectivity index (χ0n) is 18.8. The molecule has 0 radical (unpaired) electrons. The monoisotopic (exact) mass is 480 g/mol. The van der Waals surface area contributed by atoms with E-state index in [1.54, 1.807) is 30.3 Å². The minimum absolute atomic E-state index is 0.0114. The molecule has 0 spiro atoms. The van der Waals surface area contributed by atoms with Crippen LogP contribution in [-0.4, -0.2) is 8.42 Å². The highest BCUT2D eigenvalue weighted by Crippen LogP contribution is 2.36. The molecule has 0 fully saturated rings. The summed E-state index contributed by atoms with van der Waals surface area (Å²) in [5.74, 6) is 0.365. The third kappa shape index (κ3) is 6.96. The van der Waals surface area contributed by atoms with Crippen LogP contribution in [0.25, 0.3) is 0 Å². The van der Waals surface area contributed by atoms with E-state index in [4.69, 9.17) is 0 Å².